The van der Waals surface area contributed by atoms with Crippen molar-refractivity contribution in [1.29, 1.82) is 0 Å². The normalized spacial score (nSPS) is 10.3. The molecule has 0 saturated carbocycles. The van der Waals surface area contributed by atoms with Crippen LogP contribution < -0.4 is 15.4 Å². The molecule has 2 aromatic carbocycles. The average molecular weight is 348 g/mol. The standard InChI is InChI=1S/C20H20N4O2/c1-13-7-14(2)9-16(8-13)24-20(25)18-11-19(22-12-21-18)23-15-5-4-6-17(10-15)26-3/h4-12H,1-3H3,(H,24,25)(H,21,22,23). The Kier molecular flexibility index (Phi) is 5.12. The Hall–Kier alpha value is -3.41. The van der Waals surface area contributed by atoms with Crippen molar-refractivity contribution in [3.63, 3.8) is 0 Å². The van der Waals surface area contributed by atoms with E-state index in [1.165, 1.54) is 6.33 Å². The quantitative estimate of drug-likeness (QED) is 0.726. The summed E-state index contributed by atoms with van der Waals surface area (Å²) >= 11 is 0. The first-order valence-corrected chi connectivity index (χ1v) is 8.16. The van der Waals surface area contributed by atoms with E-state index >= 15 is 0 Å². The number of aryl methyl sites for hydroxylation is 2. The zero-order valence-corrected chi connectivity index (χ0v) is 14.9. The highest BCUT2D eigenvalue weighted by Gasteiger charge is 2.10. The molecule has 2 N–H and O–H groups in total. The molecule has 1 amide bonds. The first kappa shape index (κ1) is 17.4. The van der Waals surface area contributed by atoms with Gasteiger partial charge in [-0.3, -0.25) is 4.79 Å². The Morgan fingerprint density at radius 3 is 2.46 bits per heavy atom. The van der Waals surface area contributed by atoms with Gasteiger partial charge in [-0.2, -0.15) is 0 Å². The van der Waals surface area contributed by atoms with Crippen LogP contribution in [0.25, 0.3) is 0 Å². The van der Waals surface area contributed by atoms with Crippen molar-refractivity contribution in [1.82, 2.24) is 9.97 Å². The van der Waals surface area contributed by atoms with Crippen LogP contribution in [-0.4, -0.2) is 23.0 Å². The number of aromatic nitrogens is 2. The van der Waals surface area contributed by atoms with Crippen LogP contribution in [0.5, 0.6) is 5.75 Å². The Bertz CT molecular complexity index is 920. The predicted octanol–water partition coefficient (Wildman–Crippen LogP) is 4.10. The van der Waals surface area contributed by atoms with E-state index < -0.39 is 0 Å². The lowest BCUT2D eigenvalue weighted by Gasteiger charge is -2.09. The van der Waals surface area contributed by atoms with Crippen LogP contribution in [-0.2, 0) is 0 Å². The van der Waals surface area contributed by atoms with Crippen molar-refractivity contribution in [2.45, 2.75) is 13.8 Å². The van der Waals surface area contributed by atoms with Gasteiger partial charge in [-0.1, -0.05) is 12.1 Å². The second-order valence-corrected chi connectivity index (χ2v) is 5.98. The van der Waals surface area contributed by atoms with Crippen LogP contribution in [0.4, 0.5) is 17.2 Å². The number of hydrogen-bond donors (Lipinski definition) is 2. The van der Waals surface area contributed by atoms with Gasteiger partial charge in [0, 0.05) is 23.5 Å². The minimum Gasteiger partial charge on any atom is -0.497 e. The summed E-state index contributed by atoms with van der Waals surface area (Å²) in [6, 6.07) is 15.0. The fourth-order valence-corrected chi connectivity index (χ4v) is 2.64. The van der Waals surface area contributed by atoms with Crippen LogP contribution in [0.15, 0.2) is 54.9 Å². The number of hydrogen-bond acceptors (Lipinski definition) is 5. The molecule has 3 aromatic rings. The molecule has 0 radical (unpaired) electrons. The second kappa shape index (κ2) is 7.65. The lowest BCUT2D eigenvalue weighted by atomic mass is 10.1. The molecule has 0 saturated heterocycles. The third kappa shape index (κ3) is 4.36. The maximum atomic E-state index is 12.5. The SMILES string of the molecule is COc1cccc(Nc2cc(C(=O)Nc3cc(C)cc(C)c3)ncn2)c1. The summed E-state index contributed by atoms with van der Waals surface area (Å²) in [5.74, 6) is 0.974. The molecule has 3 rings (SSSR count). The van der Waals surface area contributed by atoms with E-state index in [-0.39, 0.29) is 11.6 Å². The molecule has 26 heavy (non-hydrogen) atoms. The zero-order valence-electron chi connectivity index (χ0n) is 14.9. The highest BCUT2D eigenvalue weighted by Crippen LogP contribution is 2.20. The number of anilines is 3. The summed E-state index contributed by atoms with van der Waals surface area (Å²) in [6.45, 7) is 3.98. The van der Waals surface area contributed by atoms with E-state index in [4.69, 9.17) is 4.74 Å². The molecule has 0 aliphatic rings. The third-order valence-corrected chi connectivity index (χ3v) is 3.72. The highest BCUT2D eigenvalue weighted by atomic mass is 16.5. The summed E-state index contributed by atoms with van der Waals surface area (Å²) in [7, 11) is 1.61. The number of rotatable bonds is 5. The first-order chi connectivity index (χ1) is 12.5. The van der Waals surface area contributed by atoms with Crippen LogP contribution in [0.1, 0.15) is 21.6 Å². The largest absolute Gasteiger partial charge is 0.497 e. The number of ether oxygens (including phenoxy) is 1. The second-order valence-electron chi connectivity index (χ2n) is 5.98. The van der Waals surface area contributed by atoms with Crippen molar-refractivity contribution >= 4 is 23.1 Å². The number of methoxy groups -OCH3 is 1. The minimum absolute atomic E-state index is 0.282. The lowest BCUT2D eigenvalue weighted by molar-refractivity contribution is 0.102. The summed E-state index contributed by atoms with van der Waals surface area (Å²) in [6.07, 6.45) is 1.36. The summed E-state index contributed by atoms with van der Waals surface area (Å²) in [5.41, 5.74) is 4.01. The Morgan fingerprint density at radius 1 is 0.962 bits per heavy atom. The monoisotopic (exact) mass is 348 g/mol. The van der Waals surface area contributed by atoms with E-state index in [9.17, 15) is 4.79 Å². The van der Waals surface area contributed by atoms with Gasteiger partial charge in [0.2, 0.25) is 0 Å². The smallest absolute Gasteiger partial charge is 0.274 e. The van der Waals surface area contributed by atoms with Gasteiger partial charge in [0.05, 0.1) is 7.11 Å². The zero-order chi connectivity index (χ0) is 18.5. The van der Waals surface area contributed by atoms with Gasteiger partial charge in [0.1, 0.15) is 23.6 Å². The van der Waals surface area contributed by atoms with Gasteiger partial charge in [0.15, 0.2) is 0 Å². The van der Waals surface area contributed by atoms with Gasteiger partial charge in [-0.15, -0.1) is 0 Å². The summed E-state index contributed by atoms with van der Waals surface area (Å²) in [4.78, 5) is 20.7. The highest BCUT2D eigenvalue weighted by molar-refractivity contribution is 6.03. The topological polar surface area (TPSA) is 76.1 Å². The van der Waals surface area contributed by atoms with Gasteiger partial charge in [-0.05, 0) is 49.2 Å². The van der Waals surface area contributed by atoms with Crippen molar-refractivity contribution in [3.8, 4) is 5.75 Å². The number of nitrogens with one attached hydrogen (secondary N) is 2. The molecule has 0 aliphatic carbocycles. The third-order valence-electron chi connectivity index (χ3n) is 3.72. The Labute approximate surface area is 152 Å². The van der Waals surface area contributed by atoms with Crippen LogP contribution in [0.3, 0.4) is 0 Å². The molecule has 0 aliphatic heterocycles. The molecule has 6 heteroatoms. The number of benzene rings is 2. The van der Waals surface area contributed by atoms with Gasteiger partial charge in [0.25, 0.3) is 5.91 Å². The number of carbonyl (C=O) groups excluding carboxylic acids is 1. The molecule has 0 atom stereocenters. The van der Waals surface area contributed by atoms with Gasteiger partial charge in [-0.25, -0.2) is 9.97 Å². The molecule has 0 spiro atoms. The van der Waals surface area contributed by atoms with Crippen molar-refractivity contribution in [2.75, 3.05) is 17.7 Å². The van der Waals surface area contributed by atoms with Crippen molar-refractivity contribution in [3.05, 3.63) is 71.7 Å². The van der Waals surface area contributed by atoms with Gasteiger partial charge >= 0.3 is 0 Å². The first-order valence-electron chi connectivity index (χ1n) is 8.16. The molecule has 1 heterocycles. The minimum atomic E-state index is -0.286. The number of carbonyl (C=O) groups is 1. The maximum Gasteiger partial charge on any atom is 0.274 e. The van der Waals surface area contributed by atoms with Crippen LogP contribution in [0, 0.1) is 13.8 Å². The van der Waals surface area contributed by atoms with Gasteiger partial charge < -0.3 is 15.4 Å². The molecule has 6 nitrogen and oxygen atoms in total. The maximum absolute atomic E-state index is 12.5. The van der Waals surface area contributed by atoms with E-state index in [1.54, 1.807) is 13.2 Å². The van der Waals surface area contributed by atoms with E-state index in [2.05, 4.69) is 26.7 Å². The molecule has 0 fully saturated rings. The summed E-state index contributed by atoms with van der Waals surface area (Å²) in [5, 5.41) is 6.02. The Balaban J connectivity index is 1.76. The average Bonchev–Trinajstić information content (AvgIpc) is 2.61. The fraction of sp³-hybridized carbons (Fsp3) is 0.150. The Morgan fingerprint density at radius 2 is 1.73 bits per heavy atom. The fourth-order valence-electron chi connectivity index (χ4n) is 2.64. The van der Waals surface area contributed by atoms with E-state index in [0.29, 0.717) is 5.82 Å². The number of nitrogens with zero attached hydrogens (tertiary/aromatic N) is 2. The molecular formula is C20H20N4O2. The van der Waals surface area contributed by atoms with Crippen LogP contribution in [0.2, 0.25) is 0 Å². The molecule has 0 bridgehead atoms. The van der Waals surface area contributed by atoms with Crippen molar-refractivity contribution < 1.29 is 9.53 Å². The van der Waals surface area contributed by atoms with E-state index in [1.807, 2.05) is 50.2 Å². The van der Waals surface area contributed by atoms with Crippen molar-refractivity contribution in [2.24, 2.45) is 0 Å². The predicted molar refractivity (Wildman–Crippen MR) is 102 cm³/mol. The molecule has 132 valence electrons. The number of amides is 1. The lowest BCUT2D eigenvalue weighted by Crippen LogP contribution is -2.14. The summed E-state index contributed by atoms with van der Waals surface area (Å²) < 4.78 is 5.20. The molecule has 1 aromatic heterocycles. The van der Waals surface area contributed by atoms with E-state index in [0.717, 1.165) is 28.3 Å². The molecular weight excluding hydrogens is 328 g/mol. The molecule has 0 unspecified atom stereocenters. The van der Waals surface area contributed by atoms with Crippen LogP contribution >= 0.6 is 0 Å².